The molecule has 1 heterocycles. The zero-order valence-corrected chi connectivity index (χ0v) is 14.9. The quantitative estimate of drug-likeness (QED) is 0.625. The third kappa shape index (κ3) is 5.49. The highest BCUT2D eigenvalue weighted by Crippen LogP contribution is 2.29. The van der Waals surface area contributed by atoms with E-state index in [0.29, 0.717) is 23.9 Å². The molecule has 5 nitrogen and oxygen atoms in total. The van der Waals surface area contributed by atoms with Crippen molar-refractivity contribution in [2.24, 2.45) is 5.92 Å². The molecule has 0 atom stereocenters. The first-order valence-electron chi connectivity index (χ1n) is 8.66. The highest BCUT2D eigenvalue weighted by atomic mass is 19.3. The predicted molar refractivity (Wildman–Crippen MR) is 91.4 cm³/mol. The Hall–Kier alpha value is -2.02. The van der Waals surface area contributed by atoms with E-state index in [4.69, 9.17) is 4.52 Å². The molecule has 0 N–H and O–H groups in total. The van der Waals surface area contributed by atoms with Gasteiger partial charge in [0.05, 0.1) is 12.1 Å². The molecule has 1 aromatic carbocycles. The minimum atomic E-state index is -2.90. The summed E-state index contributed by atoms with van der Waals surface area (Å²) in [6.07, 6.45) is 2.25. The van der Waals surface area contributed by atoms with Crippen LogP contribution in [0.2, 0.25) is 0 Å². The average molecular weight is 353 g/mol. The van der Waals surface area contributed by atoms with Gasteiger partial charge in [0.2, 0.25) is 11.7 Å². The number of aromatic nitrogens is 2. The fraction of sp³-hybridized carbons (Fsp3) is 0.556. The second kappa shape index (κ2) is 9.46. The molecule has 0 aliphatic heterocycles. The van der Waals surface area contributed by atoms with Gasteiger partial charge in [-0.15, -0.1) is 0 Å². The molecule has 7 heteroatoms. The molecule has 0 saturated heterocycles. The summed E-state index contributed by atoms with van der Waals surface area (Å²) in [5.41, 5.74) is 0.390. The standard InChI is InChI=1S/C18H25F2N3O2/c1-4-13(5-2)11-23(6-3)12-16-21-17(22-25-16)14-9-7-8-10-15(14)24-18(19)20/h7-10,13,18H,4-6,11-12H2,1-3H3. The first kappa shape index (κ1) is 19.3. The summed E-state index contributed by atoms with van der Waals surface area (Å²) in [7, 11) is 0. The number of para-hydroxylation sites is 1. The molecule has 25 heavy (non-hydrogen) atoms. The van der Waals surface area contributed by atoms with Gasteiger partial charge >= 0.3 is 6.61 Å². The number of nitrogens with zero attached hydrogens (tertiary/aromatic N) is 3. The molecule has 0 spiro atoms. The topological polar surface area (TPSA) is 51.4 Å². The number of halogens is 2. The Bertz CT molecular complexity index is 645. The van der Waals surface area contributed by atoms with Crippen molar-refractivity contribution < 1.29 is 18.0 Å². The summed E-state index contributed by atoms with van der Waals surface area (Å²) in [5, 5.41) is 3.92. The minimum absolute atomic E-state index is 0.0363. The van der Waals surface area contributed by atoms with E-state index in [1.165, 1.54) is 6.07 Å². The van der Waals surface area contributed by atoms with Gasteiger partial charge in [0.15, 0.2) is 0 Å². The van der Waals surface area contributed by atoms with Gasteiger partial charge in [0, 0.05) is 6.54 Å². The third-order valence-corrected chi connectivity index (χ3v) is 4.29. The molecule has 0 unspecified atom stereocenters. The van der Waals surface area contributed by atoms with Gasteiger partial charge in [0.25, 0.3) is 0 Å². The van der Waals surface area contributed by atoms with Crippen LogP contribution in [-0.2, 0) is 6.54 Å². The van der Waals surface area contributed by atoms with Crippen LogP contribution in [0.3, 0.4) is 0 Å². The highest BCUT2D eigenvalue weighted by molar-refractivity contribution is 5.63. The zero-order valence-electron chi connectivity index (χ0n) is 14.9. The molecule has 0 aliphatic carbocycles. The molecule has 0 saturated carbocycles. The van der Waals surface area contributed by atoms with Crippen LogP contribution in [0.5, 0.6) is 5.75 Å². The first-order chi connectivity index (χ1) is 12.1. The molecule has 0 bridgehead atoms. The molecule has 0 fully saturated rings. The number of alkyl halides is 2. The van der Waals surface area contributed by atoms with Crippen LogP contribution >= 0.6 is 0 Å². The van der Waals surface area contributed by atoms with Crippen molar-refractivity contribution in [3.05, 3.63) is 30.2 Å². The van der Waals surface area contributed by atoms with Crippen molar-refractivity contribution >= 4 is 0 Å². The van der Waals surface area contributed by atoms with Gasteiger partial charge in [-0.2, -0.15) is 13.8 Å². The molecule has 0 amide bonds. The average Bonchev–Trinajstić information content (AvgIpc) is 3.06. The van der Waals surface area contributed by atoms with Crippen LogP contribution in [0, 0.1) is 5.92 Å². The number of hydrogen-bond donors (Lipinski definition) is 0. The molecule has 138 valence electrons. The lowest BCUT2D eigenvalue weighted by molar-refractivity contribution is -0.0494. The molecule has 1 aromatic heterocycles. The van der Waals surface area contributed by atoms with Gasteiger partial charge in [-0.1, -0.05) is 50.9 Å². The molecule has 2 aromatic rings. The van der Waals surface area contributed by atoms with Crippen molar-refractivity contribution in [3.8, 4) is 17.1 Å². The van der Waals surface area contributed by atoms with Gasteiger partial charge in [-0.25, -0.2) is 0 Å². The number of rotatable bonds is 10. The van der Waals surface area contributed by atoms with E-state index < -0.39 is 6.61 Å². The Labute approximate surface area is 147 Å². The van der Waals surface area contributed by atoms with E-state index in [1.54, 1.807) is 18.2 Å². The predicted octanol–water partition coefficient (Wildman–Crippen LogP) is 4.60. The Morgan fingerprint density at radius 2 is 1.88 bits per heavy atom. The molecule has 0 radical (unpaired) electrons. The van der Waals surface area contributed by atoms with E-state index in [2.05, 4.69) is 40.5 Å². The SMILES string of the molecule is CCC(CC)CN(CC)Cc1nc(-c2ccccc2OC(F)F)no1. The van der Waals surface area contributed by atoms with E-state index in [0.717, 1.165) is 25.9 Å². The van der Waals surface area contributed by atoms with Gasteiger partial charge in [0.1, 0.15) is 5.75 Å². The molecule has 2 rings (SSSR count). The zero-order chi connectivity index (χ0) is 18.2. The molecule has 0 aliphatic rings. The Balaban J connectivity index is 2.12. The maximum atomic E-state index is 12.5. The fourth-order valence-electron chi connectivity index (χ4n) is 2.69. The minimum Gasteiger partial charge on any atom is -0.434 e. The summed E-state index contributed by atoms with van der Waals surface area (Å²) >= 11 is 0. The van der Waals surface area contributed by atoms with E-state index >= 15 is 0 Å². The van der Waals surface area contributed by atoms with Crippen molar-refractivity contribution in [1.29, 1.82) is 0 Å². The van der Waals surface area contributed by atoms with Gasteiger partial charge in [-0.3, -0.25) is 4.90 Å². The fourth-order valence-corrected chi connectivity index (χ4v) is 2.69. The Kier molecular flexibility index (Phi) is 7.31. The number of hydrogen-bond acceptors (Lipinski definition) is 5. The number of benzene rings is 1. The summed E-state index contributed by atoms with van der Waals surface area (Å²) < 4.78 is 34.9. The monoisotopic (exact) mass is 353 g/mol. The van der Waals surface area contributed by atoms with Gasteiger partial charge < -0.3 is 9.26 Å². The lowest BCUT2D eigenvalue weighted by Crippen LogP contribution is -2.28. The van der Waals surface area contributed by atoms with E-state index in [-0.39, 0.29) is 11.6 Å². The van der Waals surface area contributed by atoms with Crippen LogP contribution in [0.25, 0.3) is 11.4 Å². The summed E-state index contributed by atoms with van der Waals surface area (Å²) in [6.45, 7) is 5.94. The van der Waals surface area contributed by atoms with Gasteiger partial charge in [-0.05, 0) is 24.6 Å². The lowest BCUT2D eigenvalue weighted by Gasteiger charge is -2.23. The first-order valence-corrected chi connectivity index (χ1v) is 8.66. The largest absolute Gasteiger partial charge is 0.434 e. The van der Waals surface area contributed by atoms with Crippen molar-refractivity contribution in [2.45, 2.75) is 46.8 Å². The summed E-state index contributed by atoms with van der Waals surface area (Å²) in [6, 6.07) is 6.43. The lowest BCUT2D eigenvalue weighted by atomic mass is 10.0. The van der Waals surface area contributed by atoms with Crippen molar-refractivity contribution in [2.75, 3.05) is 13.1 Å². The van der Waals surface area contributed by atoms with Crippen LogP contribution in [-0.4, -0.2) is 34.7 Å². The highest BCUT2D eigenvalue weighted by Gasteiger charge is 2.18. The molecular weight excluding hydrogens is 328 g/mol. The normalized spacial score (nSPS) is 11.7. The Morgan fingerprint density at radius 1 is 1.16 bits per heavy atom. The summed E-state index contributed by atoms with van der Waals surface area (Å²) in [4.78, 5) is 6.60. The van der Waals surface area contributed by atoms with E-state index in [9.17, 15) is 8.78 Å². The second-order valence-electron chi connectivity index (χ2n) is 5.90. The van der Waals surface area contributed by atoms with Crippen LogP contribution in [0.15, 0.2) is 28.8 Å². The third-order valence-electron chi connectivity index (χ3n) is 4.29. The van der Waals surface area contributed by atoms with Crippen LogP contribution in [0.1, 0.15) is 39.5 Å². The smallest absolute Gasteiger partial charge is 0.387 e. The summed E-state index contributed by atoms with van der Waals surface area (Å²) in [5.74, 6) is 1.39. The Morgan fingerprint density at radius 3 is 2.52 bits per heavy atom. The van der Waals surface area contributed by atoms with Crippen LogP contribution in [0.4, 0.5) is 8.78 Å². The van der Waals surface area contributed by atoms with Crippen molar-refractivity contribution in [1.82, 2.24) is 15.0 Å². The number of ether oxygens (including phenoxy) is 1. The van der Waals surface area contributed by atoms with E-state index in [1.807, 2.05) is 0 Å². The molecular formula is C18H25F2N3O2. The maximum absolute atomic E-state index is 12.5. The second-order valence-corrected chi connectivity index (χ2v) is 5.90. The van der Waals surface area contributed by atoms with Crippen molar-refractivity contribution in [3.63, 3.8) is 0 Å². The maximum Gasteiger partial charge on any atom is 0.387 e. The van der Waals surface area contributed by atoms with Crippen LogP contribution < -0.4 is 4.74 Å².